The van der Waals surface area contributed by atoms with E-state index in [-0.39, 0.29) is 58.3 Å². The van der Waals surface area contributed by atoms with Crippen LogP contribution < -0.4 is 46.9 Å². The van der Waals surface area contributed by atoms with Crippen molar-refractivity contribution >= 4 is 99.7 Å². The molecule has 114 heavy (non-hydrogen) atoms. The van der Waals surface area contributed by atoms with Gasteiger partial charge in [0.15, 0.2) is 34.9 Å². The first kappa shape index (κ1) is 78.5. The molecule has 28 nitrogen and oxygen atoms in total. The lowest BCUT2D eigenvalue weighted by molar-refractivity contribution is 0.122. The summed E-state index contributed by atoms with van der Waals surface area (Å²) in [4.78, 5) is 43.2. The summed E-state index contributed by atoms with van der Waals surface area (Å²) < 4.78 is 58.5. The minimum absolute atomic E-state index is 0.0297. The fourth-order valence-electron chi connectivity index (χ4n) is 12.3. The number of phenols is 4. The van der Waals surface area contributed by atoms with Gasteiger partial charge in [-0.25, -0.2) is 44.4 Å². The van der Waals surface area contributed by atoms with E-state index in [1.807, 2.05) is 119 Å². The molecule has 3 aliphatic rings. The number of phenolic OH excluding ortho intramolecular Hbond substituents is 4. The molecule has 10 N–H and O–H groups in total. The first-order chi connectivity index (χ1) is 55.5. The number of aromatic nitrogens is 9. The zero-order valence-electron chi connectivity index (χ0n) is 61.6. The van der Waals surface area contributed by atoms with E-state index in [0.29, 0.717) is 114 Å². The van der Waals surface area contributed by atoms with Crippen LogP contribution in [0.3, 0.4) is 0 Å². The van der Waals surface area contributed by atoms with Crippen LogP contribution in [0, 0.1) is 24.4 Å². The zero-order valence-corrected chi connectivity index (χ0v) is 62.4. The quantitative estimate of drug-likeness (QED) is 0.0198. The molecule has 3 aliphatic heterocycles. The minimum atomic E-state index is -0.490. The van der Waals surface area contributed by atoms with Gasteiger partial charge in [0.25, 0.3) is 0 Å². The topological polar surface area (TPSA) is 344 Å². The van der Waals surface area contributed by atoms with Gasteiger partial charge in [-0.05, 0) is 180 Å². The molecule has 0 aliphatic carbocycles. The smallest absolute Gasteiger partial charge is 0.245 e. The highest BCUT2D eigenvalue weighted by atomic mass is 35.5. The first-order valence-corrected chi connectivity index (χ1v) is 36.6. The molecule has 9 heterocycles. The maximum absolute atomic E-state index is 14.2. The van der Waals surface area contributed by atoms with Crippen LogP contribution in [0.2, 0.25) is 5.02 Å². The average Bonchev–Trinajstić information content (AvgIpc) is 0.836. The van der Waals surface area contributed by atoms with Gasteiger partial charge in [0.05, 0.1) is 130 Å². The summed E-state index contributed by atoms with van der Waals surface area (Å²) in [5.74, 6) is 0.281. The molecule has 15 rings (SSSR count). The molecular weight excluding hydrogens is 1480 g/mol. The Balaban J connectivity index is 0.000000149. The summed E-state index contributed by atoms with van der Waals surface area (Å²) in [7, 11) is 0. The number of pyridine rings is 3. The van der Waals surface area contributed by atoms with Gasteiger partial charge in [0.2, 0.25) is 17.8 Å². The molecule has 3 saturated heterocycles. The third kappa shape index (κ3) is 23.5. The summed E-state index contributed by atoms with van der Waals surface area (Å²) in [6.07, 6.45) is 15.0. The van der Waals surface area contributed by atoms with E-state index in [9.17, 15) is 33.6 Å². The number of morpholine rings is 3. The Kier molecular flexibility index (Phi) is 26.7. The number of hydrogen-bond donors (Lipinski definition) is 10. The third-order valence-corrected chi connectivity index (χ3v) is 17.7. The van der Waals surface area contributed by atoms with Crippen LogP contribution in [-0.4, -0.2) is 163 Å². The highest BCUT2D eigenvalue weighted by Crippen LogP contribution is 2.29. The Bertz CT molecular complexity index is 4740. The first-order valence-electron chi connectivity index (χ1n) is 36.2. The molecule has 0 saturated carbocycles. The van der Waals surface area contributed by atoms with Crippen LogP contribution in [0.4, 0.5) is 82.6 Å². The summed E-state index contributed by atoms with van der Waals surface area (Å²) in [5, 5.41) is 62.0. The fraction of sp³-hybridized carbons (Fsp3) is 0.195. The number of anilines is 12. The van der Waals surface area contributed by atoms with E-state index < -0.39 is 17.5 Å². The Labute approximate surface area is 658 Å². The standard InChI is InChI=1S/C28H28FN7O2.C27H25ClFN7O2.C27H26FN7O3/c1-19-11-21(15-25(37)12-19)13-20-3-2-4-22(14-20)33-24-6-5-23(30-16-24)17-32-35-28-31-18-26(29)27(34-28)36-7-9-38-10-8-36;28-20-11-19(13-24(37)14-20)10-18-2-1-3-21(12-18)33-23-5-4-22(30-15-23)16-32-35-27-31-17-25(29)26(34-27)36-6-8-38-9-7-36;28-25-17-30-27(33-26(25)35-6-8-38-9-7-35)34-31-16-21-4-5-22(15-29-21)32-20-3-1-2-18(11-20)10-19-12-23(36)14-24(37)13-19/h2-6,11-12,14-18,33,37H,7-10,13H2,1H3,(H,31,34,35);1-5,11-17,33,37H,6-10H2,(H,31,34,35);1-5,11-17,32,36-37H,6-10H2,(H,30,33,34)/b32-17+;32-16+;31-16+. The predicted octanol–water partition coefficient (Wildman–Crippen LogP) is 13.7. The monoisotopic (exact) mass is 1560 g/mol. The second kappa shape index (κ2) is 38.8. The van der Waals surface area contributed by atoms with Crippen LogP contribution >= 0.6 is 11.6 Å². The van der Waals surface area contributed by atoms with Gasteiger partial charge in [0.1, 0.15) is 23.0 Å². The number of nitrogens with zero attached hydrogens (tertiary/aromatic N) is 15. The van der Waals surface area contributed by atoms with Crippen molar-refractivity contribution in [2.45, 2.75) is 26.2 Å². The number of benzene rings is 6. The number of nitrogens with one attached hydrogen (secondary N) is 6. The largest absolute Gasteiger partial charge is 0.508 e. The minimum Gasteiger partial charge on any atom is -0.508 e. The maximum Gasteiger partial charge on any atom is 0.245 e. The Morgan fingerprint density at radius 3 is 1.02 bits per heavy atom. The lowest BCUT2D eigenvalue weighted by Gasteiger charge is -2.27. The summed E-state index contributed by atoms with van der Waals surface area (Å²) in [6, 6.07) is 50.3. The van der Waals surface area contributed by atoms with Crippen LogP contribution in [0.25, 0.3) is 0 Å². The second-order valence-electron chi connectivity index (χ2n) is 26.3. The highest BCUT2D eigenvalue weighted by Gasteiger charge is 2.21. The van der Waals surface area contributed by atoms with E-state index in [1.165, 1.54) is 24.6 Å². The predicted molar refractivity (Wildman–Crippen MR) is 435 cm³/mol. The maximum atomic E-state index is 14.2. The van der Waals surface area contributed by atoms with E-state index in [2.05, 4.69) is 111 Å². The van der Waals surface area contributed by atoms with Crippen molar-refractivity contribution in [1.29, 1.82) is 0 Å². The van der Waals surface area contributed by atoms with Crippen LogP contribution in [-0.2, 0) is 33.5 Å². The fourth-order valence-corrected chi connectivity index (χ4v) is 12.5. The molecule has 0 amide bonds. The summed E-state index contributed by atoms with van der Waals surface area (Å²) in [6.45, 7) is 8.55. The number of aryl methyl sites for hydroxylation is 1. The number of aromatic hydroxyl groups is 4. The van der Waals surface area contributed by atoms with E-state index in [1.54, 1.807) is 61.2 Å². The van der Waals surface area contributed by atoms with Crippen molar-refractivity contribution in [3.8, 4) is 23.0 Å². The summed E-state index contributed by atoms with van der Waals surface area (Å²) >= 11 is 6.05. The average molecular weight is 1560 g/mol. The van der Waals surface area contributed by atoms with E-state index in [0.717, 1.165) is 98.1 Å². The number of rotatable bonds is 24. The Hall–Kier alpha value is -13.6. The molecule has 3 fully saturated rings. The molecule has 6 aromatic carbocycles. The molecule has 32 heteroatoms. The molecule has 0 unspecified atom stereocenters. The third-order valence-electron chi connectivity index (χ3n) is 17.5. The highest BCUT2D eigenvalue weighted by molar-refractivity contribution is 6.30. The van der Waals surface area contributed by atoms with Crippen LogP contribution in [0.15, 0.2) is 216 Å². The van der Waals surface area contributed by atoms with Crippen molar-refractivity contribution in [2.24, 2.45) is 15.3 Å². The van der Waals surface area contributed by atoms with Gasteiger partial charge < -0.3 is 65.3 Å². The van der Waals surface area contributed by atoms with Crippen LogP contribution in [0.1, 0.15) is 56.0 Å². The van der Waals surface area contributed by atoms with Crippen molar-refractivity contribution in [3.05, 3.63) is 279 Å². The van der Waals surface area contributed by atoms with E-state index >= 15 is 0 Å². The molecule has 582 valence electrons. The number of ether oxygens (including phenoxy) is 3. The van der Waals surface area contributed by atoms with Gasteiger partial charge in [0, 0.05) is 67.4 Å². The number of halogens is 4. The van der Waals surface area contributed by atoms with Crippen molar-refractivity contribution < 1.29 is 47.8 Å². The SMILES string of the molecule is Cc1cc(O)cc(Cc2cccc(Nc3ccc(/C=N/Nc4ncc(F)c(N5CCOCC5)n4)nc3)c2)c1.Oc1cc(Cl)cc(Cc2cccc(Nc3ccc(/C=N/Nc4ncc(F)c(N5CCOCC5)n4)nc3)c2)c1.Oc1cc(O)cc(Cc2cccc(Nc3ccc(/C=N/Nc4ncc(F)c(N5CCOCC5)n4)nc3)c2)c1. The Morgan fingerprint density at radius 1 is 0.368 bits per heavy atom. The van der Waals surface area contributed by atoms with Gasteiger partial charge in [-0.15, -0.1) is 0 Å². The molecule has 0 bridgehead atoms. The number of hydrazone groups is 3. The molecule has 6 aromatic heterocycles. The zero-order chi connectivity index (χ0) is 79.0. The van der Waals surface area contributed by atoms with Gasteiger partial charge in [-0.3, -0.25) is 15.0 Å². The van der Waals surface area contributed by atoms with Crippen molar-refractivity contribution in [2.75, 3.05) is 126 Å². The van der Waals surface area contributed by atoms with Crippen molar-refractivity contribution in [1.82, 2.24) is 44.9 Å². The van der Waals surface area contributed by atoms with Crippen LogP contribution in [0.5, 0.6) is 23.0 Å². The molecule has 0 atom stereocenters. The molecule has 0 spiro atoms. The lowest BCUT2D eigenvalue weighted by Crippen LogP contribution is -2.37. The van der Waals surface area contributed by atoms with Gasteiger partial charge in [-0.2, -0.15) is 30.3 Å². The van der Waals surface area contributed by atoms with Gasteiger partial charge in [-0.1, -0.05) is 54.1 Å². The van der Waals surface area contributed by atoms with Crippen molar-refractivity contribution in [3.63, 3.8) is 0 Å². The molecule has 12 aromatic rings. The Morgan fingerprint density at radius 2 is 0.693 bits per heavy atom. The number of hydrogen-bond acceptors (Lipinski definition) is 28. The normalized spacial score (nSPS) is 13.6. The van der Waals surface area contributed by atoms with E-state index in [4.69, 9.17) is 25.8 Å². The lowest BCUT2D eigenvalue weighted by atomic mass is 10.0. The molecular formula is C82H79ClF3N21O7. The summed E-state index contributed by atoms with van der Waals surface area (Å²) in [5.41, 5.74) is 22.2. The van der Waals surface area contributed by atoms with Gasteiger partial charge >= 0.3 is 0 Å². The molecule has 0 radical (unpaired) electrons. The second-order valence-corrected chi connectivity index (χ2v) is 26.7.